The van der Waals surface area contributed by atoms with E-state index in [4.69, 9.17) is 31.3 Å². The Labute approximate surface area is 223 Å². The molecule has 2 rings (SSSR count). The van der Waals surface area contributed by atoms with E-state index in [0.717, 1.165) is 25.0 Å². The fourth-order valence-corrected chi connectivity index (χ4v) is 1.90. The van der Waals surface area contributed by atoms with Crippen LogP contribution in [-0.4, -0.2) is 36.0 Å². The van der Waals surface area contributed by atoms with Gasteiger partial charge in [-0.2, -0.15) is 0 Å². The molecular weight excluding hydrogens is 626 g/mol. The van der Waals surface area contributed by atoms with Gasteiger partial charge in [-0.05, 0) is 37.8 Å². The topological polar surface area (TPSA) is 213 Å². The van der Waals surface area contributed by atoms with Gasteiger partial charge in [0.2, 0.25) is 0 Å². The summed E-state index contributed by atoms with van der Waals surface area (Å²) in [5.74, 6) is -4.59. The van der Waals surface area contributed by atoms with E-state index in [1.807, 2.05) is 60.7 Å². The molecule has 4 N–H and O–H groups in total. The number of carbonyl (C=O) groups excluding carboxylic acids is 4. The molecule has 190 valence electrons. The van der Waals surface area contributed by atoms with Crippen LogP contribution in [0.1, 0.15) is 25.0 Å². The Balaban J connectivity index is -0.000000194. The van der Waals surface area contributed by atoms with E-state index in [-0.39, 0.29) is 39.0 Å². The Hall–Kier alpha value is -2.51. The summed E-state index contributed by atoms with van der Waals surface area (Å²) in [7, 11) is 0. The van der Waals surface area contributed by atoms with Crippen LogP contribution in [0.5, 0.6) is 0 Å². The summed E-state index contributed by atoms with van der Waals surface area (Å²) in [6.07, 6.45) is 0.645. The van der Waals surface area contributed by atoms with Gasteiger partial charge in [0.15, 0.2) is 0 Å². The van der Waals surface area contributed by atoms with Crippen LogP contribution in [-0.2, 0) is 71.0 Å². The maximum absolute atomic E-state index is 10.3. The molecule has 0 bridgehead atoms. The third-order valence-corrected chi connectivity index (χ3v) is 3.20. The van der Waals surface area contributed by atoms with E-state index in [0.29, 0.717) is 12.8 Å². The van der Waals surface area contributed by atoms with Crippen molar-refractivity contribution in [2.45, 2.75) is 38.8 Å². The minimum Gasteiger partial charge on any atom is -0.550 e. The maximum Gasteiger partial charge on any atom is 2.00 e. The summed E-state index contributed by atoms with van der Waals surface area (Å²) in [6.45, 7) is 1.94. The number of carboxylic acids is 4. The third-order valence-electron chi connectivity index (χ3n) is 3.20. The van der Waals surface area contributed by atoms with E-state index in [9.17, 15) is 19.8 Å². The minimum absolute atomic E-state index is 0. The zero-order valence-corrected chi connectivity index (χ0v) is 21.7. The van der Waals surface area contributed by atoms with Gasteiger partial charge in [-0.1, -0.05) is 60.7 Å². The van der Waals surface area contributed by atoms with Crippen molar-refractivity contribution < 1.29 is 78.6 Å². The SMILES string of the molecule is CC(=O)[O-].CC(=O)[O-].N[C@@H](Cc1ccccc1)C(=O)[O-].N[C@@H](Cc1ccccc1)C(=O)[O-].[Rh+2].[Rh+2]. The number of hydrogen-bond acceptors (Lipinski definition) is 10. The largest absolute Gasteiger partial charge is 2.00 e. The van der Waals surface area contributed by atoms with Crippen LogP contribution in [0, 0.1) is 0 Å². The average molecular weight is 652 g/mol. The van der Waals surface area contributed by atoms with Gasteiger partial charge < -0.3 is 51.1 Å². The normalized spacial score (nSPS) is 10.2. The summed E-state index contributed by atoms with van der Waals surface area (Å²) >= 11 is 0. The second kappa shape index (κ2) is 23.6. The molecule has 2 aromatic carbocycles. The van der Waals surface area contributed by atoms with Gasteiger partial charge in [-0.3, -0.25) is 0 Å². The molecule has 0 aliphatic rings. The molecular formula is C22H26N2O8Rh2. The van der Waals surface area contributed by atoms with Gasteiger partial charge in [0, 0.05) is 24.0 Å². The molecule has 0 unspecified atom stereocenters. The standard InChI is InChI=1S/2C9H11NO2.2C2H4O2.2Rh/c2*10-8(9(11)12)6-7-4-2-1-3-5-7;2*1-2(3)4;;/h2*1-5,8H,6,10H2,(H,11,12);2*1H3,(H,3,4);;/q;;;;2*+2/p-4/t2*8-;;;;/m00..../s1. The molecule has 0 aliphatic heterocycles. The predicted octanol–water partition coefficient (Wildman–Crippen LogP) is -3.88. The Morgan fingerprint density at radius 3 is 1.00 bits per heavy atom. The number of carbonyl (C=O) groups is 4. The number of hydrogen-bond donors (Lipinski definition) is 2. The van der Waals surface area contributed by atoms with Crippen LogP contribution in [0.4, 0.5) is 0 Å². The van der Waals surface area contributed by atoms with Crippen LogP contribution in [0.3, 0.4) is 0 Å². The molecule has 10 nitrogen and oxygen atoms in total. The van der Waals surface area contributed by atoms with E-state index < -0.39 is 36.0 Å². The van der Waals surface area contributed by atoms with Gasteiger partial charge in [-0.25, -0.2) is 0 Å². The molecule has 34 heavy (non-hydrogen) atoms. The molecule has 0 spiro atoms. The quantitative estimate of drug-likeness (QED) is 0.290. The number of aliphatic carboxylic acids is 4. The second-order valence-electron chi connectivity index (χ2n) is 6.21. The predicted molar refractivity (Wildman–Crippen MR) is 108 cm³/mol. The zero-order valence-electron chi connectivity index (χ0n) is 18.4. The molecule has 12 heteroatoms. The van der Waals surface area contributed by atoms with Crippen molar-refractivity contribution in [1.29, 1.82) is 0 Å². The van der Waals surface area contributed by atoms with Crippen molar-refractivity contribution in [3.05, 3.63) is 71.8 Å². The van der Waals surface area contributed by atoms with Gasteiger partial charge in [0.25, 0.3) is 0 Å². The fourth-order valence-electron chi connectivity index (χ4n) is 1.90. The van der Waals surface area contributed by atoms with Gasteiger partial charge in [0.05, 0.1) is 11.9 Å². The summed E-state index contributed by atoms with van der Waals surface area (Å²) in [6, 6.07) is 16.6. The maximum atomic E-state index is 10.3. The van der Waals surface area contributed by atoms with Crippen LogP contribution in [0.15, 0.2) is 60.7 Å². The summed E-state index contributed by atoms with van der Waals surface area (Å²) < 4.78 is 0. The first kappa shape index (κ1) is 38.7. The third kappa shape index (κ3) is 27.5. The molecule has 0 fully saturated rings. The van der Waals surface area contributed by atoms with Crippen molar-refractivity contribution in [3.8, 4) is 0 Å². The van der Waals surface area contributed by atoms with Crippen LogP contribution >= 0.6 is 0 Å². The zero-order chi connectivity index (χ0) is 25.1. The van der Waals surface area contributed by atoms with E-state index in [1.165, 1.54) is 0 Å². The van der Waals surface area contributed by atoms with Crippen molar-refractivity contribution in [3.63, 3.8) is 0 Å². The monoisotopic (exact) mass is 652 g/mol. The number of rotatable bonds is 6. The van der Waals surface area contributed by atoms with E-state index in [1.54, 1.807) is 0 Å². The fraction of sp³-hybridized carbons (Fsp3) is 0.273. The van der Waals surface area contributed by atoms with Gasteiger partial charge in [0.1, 0.15) is 0 Å². The molecule has 2 aromatic rings. The minimum atomic E-state index is -1.21. The Kier molecular flexibility index (Phi) is 26.9. The molecule has 0 saturated heterocycles. The summed E-state index contributed by atoms with van der Waals surface area (Å²) in [5, 5.41) is 38.3. The first-order valence-electron chi connectivity index (χ1n) is 9.22. The molecule has 0 aliphatic carbocycles. The number of benzene rings is 2. The first-order valence-corrected chi connectivity index (χ1v) is 9.22. The molecule has 2 radical (unpaired) electrons. The van der Waals surface area contributed by atoms with E-state index >= 15 is 0 Å². The average Bonchev–Trinajstić information content (AvgIpc) is 2.69. The molecule has 2 atom stereocenters. The smallest absolute Gasteiger partial charge is 0.550 e. The van der Waals surface area contributed by atoms with Gasteiger partial charge in [-0.15, -0.1) is 0 Å². The van der Waals surface area contributed by atoms with Crippen molar-refractivity contribution in [2.75, 3.05) is 0 Å². The van der Waals surface area contributed by atoms with E-state index in [2.05, 4.69) is 0 Å². The molecule has 0 aromatic heterocycles. The first-order chi connectivity index (χ1) is 14.9. The van der Waals surface area contributed by atoms with Crippen LogP contribution in [0.2, 0.25) is 0 Å². The summed E-state index contributed by atoms with van der Waals surface area (Å²) in [5.41, 5.74) is 12.4. The van der Waals surface area contributed by atoms with Crippen LogP contribution < -0.4 is 31.9 Å². The molecule has 0 amide bonds. The summed E-state index contributed by atoms with van der Waals surface area (Å²) in [4.78, 5) is 38.3. The Morgan fingerprint density at radius 1 is 0.618 bits per heavy atom. The Bertz CT molecular complexity index is 747. The number of carboxylic acid groups (broad SMARTS) is 4. The second-order valence-corrected chi connectivity index (χ2v) is 6.21. The number of nitrogens with two attached hydrogens (primary N) is 2. The molecule has 0 saturated carbocycles. The Morgan fingerprint density at radius 2 is 0.824 bits per heavy atom. The van der Waals surface area contributed by atoms with Gasteiger partial charge >= 0.3 is 39.0 Å². The van der Waals surface area contributed by atoms with Crippen LogP contribution in [0.25, 0.3) is 0 Å². The van der Waals surface area contributed by atoms with Crippen molar-refractivity contribution >= 4 is 23.9 Å². The molecule has 0 heterocycles. The van der Waals surface area contributed by atoms with Crippen molar-refractivity contribution in [1.82, 2.24) is 0 Å². The van der Waals surface area contributed by atoms with Crippen molar-refractivity contribution in [2.24, 2.45) is 11.5 Å².